The molecule has 1 fully saturated rings. The predicted molar refractivity (Wildman–Crippen MR) is 78.8 cm³/mol. The highest BCUT2D eigenvalue weighted by Crippen LogP contribution is 2.37. The van der Waals surface area contributed by atoms with Crippen LogP contribution in [0.25, 0.3) is 11.0 Å². The minimum Gasteiger partial charge on any atom is -0.330 e. The second-order valence-electron chi connectivity index (χ2n) is 5.61. The minimum atomic E-state index is -0.411. The topological polar surface area (TPSA) is 20.7 Å². The summed E-state index contributed by atoms with van der Waals surface area (Å²) in [6.45, 7) is 2.23. The van der Waals surface area contributed by atoms with Crippen molar-refractivity contribution in [3.8, 4) is 0 Å². The smallest absolute Gasteiger partial charge is 0.178 e. The van der Waals surface area contributed by atoms with E-state index >= 15 is 0 Å². The van der Waals surface area contributed by atoms with Crippen molar-refractivity contribution in [2.45, 2.75) is 44.6 Å². The van der Waals surface area contributed by atoms with Crippen LogP contribution in [0.3, 0.4) is 0 Å². The van der Waals surface area contributed by atoms with E-state index < -0.39 is 5.82 Å². The molecular formula is C14H16ClFN2S. The van der Waals surface area contributed by atoms with Crippen LogP contribution in [0.5, 0.6) is 0 Å². The molecule has 0 amide bonds. The van der Waals surface area contributed by atoms with E-state index in [2.05, 4.69) is 16.5 Å². The molecule has 102 valence electrons. The number of aromatic nitrogens is 2. The lowest BCUT2D eigenvalue weighted by atomic mass is 9.83. The summed E-state index contributed by atoms with van der Waals surface area (Å²) in [6, 6.07) is 3.11. The number of hydrogen-bond acceptors (Lipinski definition) is 1. The van der Waals surface area contributed by atoms with E-state index in [0.717, 1.165) is 23.9 Å². The van der Waals surface area contributed by atoms with Gasteiger partial charge in [0.15, 0.2) is 4.77 Å². The summed E-state index contributed by atoms with van der Waals surface area (Å²) in [5.74, 6) is -0.411. The van der Waals surface area contributed by atoms with Gasteiger partial charge in [0, 0.05) is 11.6 Å². The lowest BCUT2D eigenvalue weighted by Gasteiger charge is -2.35. The van der Waals surface area contributed by atoms with Gasteiger partial charge >= 0.3 is 0 Å². The summed E-state index contributed by atoms with van der Waals surface area (Å²) in [6.07, 6.45) is 5.90. The van der Waals surface area contributed by atoms with Crippen molar-refractivity contribution >= 4 is 34.9 Å². The van der Waals surface area contributed by atoms with Gasteiger partial charge in [-0.25, -0.2) is 4.39 Å². The maximum Gasteiger partial charge on any atom is 0.178 e. The van der Waals surface area contributed by atoms with Crippen molar-refractivity contribution in [1.82, 2.24) is 9.55 Å². The Morgan fingerprint density at radius 2 is 2.00 bits per heavy atom. The molecule has 1 heterocycles. The minimum absolute atomic E-state index is 0.00867. The molecule has 0 spiro atoms. The molecular weight excluding hydrogens is 283 g/mol. The fourth-order valence-corrected chi connectivity index (χ4v) is 3.76. The van der Waals surface area contributed by atoms with Gasteiger partial charge in [0.2, 0.25) is 0 Å². The fourth-order valence-electron chi connectivity index (χ4n) is 3.17. The maximum absolute atomic E-state index is 13.5. The molecule has 19 heavy (non-hydrogen) atoms. The first kappa shape index (κ1) is 13.1. The van der Waals surface area contributed by atoms with Crippen molar-refractivity contribution < 1.29 is 4.39 Å². The molecule has 2 nitrogen and oxygen atoms in total. The Morgan fingerprint density at radius 3 is 2.68 bits per heavy atom. The summed E-state index contributed by atoms with van der Waals surface area (Å²) in [4.78, 5) is 3.10. The van der Waals surface area contributed by atoms with Gasteiger partial charge in [-0.1, -0.05) is 30.9 Å². The first-order valence-electron chi connectivity index (χ1n) is 6.61. The predicted octanol–water partition coefficient (Wildman–Crippen LogP) is 5.17. The number of halogens is 2. The molecule has 5 heteroatoms. The zero-order valence-corrected chi connectivity index (χ0v) is 12.4. The van der Waals surface area contributed by atoms with Gasteiger partial charge in [-0.15, -0.1) is 0 Å². The highest BCUT2D eigenvalue weighted by molar-refractivity contribution is 7.71. The zero-order chi connectivity index (χ0) is 13.6. The van der Waals surface area contributed by atoms with Crippen LogP contribution >= 0.6 is 23.8 Å². The molecule has 1 aliphatic carbocycles. The van der Waals surface area contributed by atoms with Gasteiger partial charge in [-0.05, 0) is 38.0 Å². The van der Waals surface area contributed by atoms with Crippen molar-refractivity contribution in [3.05, 3.63) is 27.7 Å². The molecule has 0 aliphatic heterocycles. The van der Waals surface area contributed by atoms with Crippen LogP contribution in [-0.2, 0) is 5.54 Å². The highest BCUT2D eigenvalue weighted by Gasteiger charge is 2.31. The van der Waals surface area contributed by atoms with Crippen LogP contribution < -0.4 is 0 Å². The number of fused-ring (bicyclic) bond motifs is 1. The third-order valence-electron chi connectivity index (χ3n) is 4.19. The normalized spacial score (nSPS) is 18.9. The van der Waals surface area contributed by atoms with Gasteiger partial charge in [-0.3, -0.25) is 0 Å². The highest BCUT2D eigenvalue weighted by atomic mass is 35.5. The van der Waals surface area contributed by atoms with E-state index in [-0.39, 0.29) is 10.6 Å². The van der Waals surface area contributed by atoms with Gasteiger partial charge < -0.3 is 9.55 Å². The zero-order valence-electron chi connectivity index (χ0n) is 10.8. The van der Waals surface area contributed by atoms with Crippen LogP contribution in [-0.4, -0.2) is 9.55 Å². The van der Waals surface area contributed by atoms with Gasteiger partial charge in [-0.2, -0.15) is 0 Å². The lowest BCUT2D eigenvalue weighted by molar-refractivity contribution is 0.222. The number of rotatable bonds is 1. The number of hydrogen-bond donors (Lipinski definition) is 1. The third-order valence-corrected chi connectivity index (χ3v) is 4.77. The summed E-state index contributed by atoms with van der Waals surface area (Å²) in [7, 11) is 0. The van der Waals surface area contributed by atoms with Crippen LogP contribution in [0.4, 0.5) is 4.39 Å². The standard InChI is InChI=1S/C14H16ClFN2S/c1-14(5-3-2-4-6-14)18-12-7-9(15)10(16)8-11(12)17-13(18)19/h7-8H,2-6H2,1H3,(H,17,19). The quantitative estimate of drug-likeness (QED) is 0.720. The van der Waals surface area contributed by atoms with Crippen molar-refractivity contribution in [2.75, 3.05) is 0 Å². The Labute approximate surface area is 121 Å². The van der Waals surface area contributed by atoms with Crippen molar-refractivity contribution in [2.24, 2.45) is 0 Å². The number of nitrogens with one attached hydrogen (secondary N) is 1. The van der Waals surface area contributed by atoms with E-state index in [1.807, 2.05) is 0 Å². The second-order valence-corrected chi connectivity index (χ2v) is 6.40. The Morgan fingerprint density at radius 1 is 1.32 bits per heavy atom. The third kappa shape index (κ3) is 2.11. The fraction of sp³-hybridized carbons (Fsp3) is 0.500. The lowest BCUT2D eigenvalue weighted by Crippen LogP contribution is -2.32. The maximum atomic E-state index is 13.5. The van der Waals surface area contributed by atoms with Crippen molar-refractivity contribution in [1.29, 1.82) is 0 Å². The summed E-state index contributed by atoms with van der Waals surface area (Å²) >= 11 is 11.4. The summed E-state index contributed by atoms with van der Waals surface area (Å²) in [5, 5.41) is 0.148. The molecule has 0 atom stereocenters. The first-order chi connectivity index (χ1) is 9.01. The van der Waals surface area contributed by atoms with Crippen LogP contribution in [0.2, 0.25) is 5.02 Å². The van der Waals surface area contributed by atoms with E-state index in [1.165, 1.54) is 25.3 Å². The Bertz CT molecular complexity index is 683. The average molecular weight is 299 g/mol. The van der Waals surface area contributed by atoms with Crippen LogP contribution in [0.1, 0.15) is 39.0 Å². The average Bonchev–Trinajstić information content (AvgIpc) is 2.67. The Balaban J connectivity index is 2.25. The number of H-pyrrole nitrogens is 1. The second kappa shape index (κ2) is 4.60. The molecule has 1 aliphatic rings. The molecule has 0 saturated heterocycles. The summed E-state index contributed by atoms with van der Waals surface area (Å²) in [5.41, 5.74) is 1.63. The first-order valence-corrected chi connectivity index (χ1v) is 7.40. The molecule has 2 aromatic rings. The molecule has 0 bridgehead atoms. The Kier molecular flexibility index (Phi) is 3.18. The molecule has 1 aromatic carbocycles. The Hall–Kier alpha value is -0.870. The monoisotopic (exact) mass is 298 g/mol. The molecule has 3 rings (SSSR count). The van der Waals surface area contributed by atoms with Crippen molar-refractivity contribution in [3.63, 3.8) is 0 Å². The van der Waals surface area contributed by atoms with Crippen LogP contribution in [0, 0.1) is 10.6 Å². The number of benzene rings is 1. The van der Waals surface area contributed by atoms with E-state index in [4.69, 9.17) is 23.8 Å². The number of nitrogens with zero attached hydrogens (tertiary/aromatic N) is 1. The molecule has 0 radical (unpaired) electrons. The van der Waals surface area contributed by atoms with Crippen LogP contribution in [0.15, 0.2) is 12.1 Å². The SMILES string of the molecule is CC1(n2c(=S)[nH]c3cc(F)c(Cl)cc32)CCCCC1. The van der Waals surface area contributed by atoms with E-state index in [9.17, 15) is 4.39 Å². The molecule has 1 N–H and O–H groups in total. The molecule has 1 aromatic heterocycles. The van der Waals surface area contributed by atoms with Gasteiger partial charge in [0.05, 0.1) is 16.1 Å². The largest absolute Gasteiger partial charge is 0.330 e. The van der Waals surface area contributed by atoms with E-state index in [1.54, 1.807) is 6.07 Å². The molecule has 1 saturated carbocycles. The van der Waals surface area contributed by atoms with Gasteiger partial charge in [0.25, 0.3) is 0 Å². The summed E-state index contributed by atoms with van der Waals surface area (Å²) < 4.78 is 16.3. The molecule has 0 unspecified atom stereocenters. The number of aromatic amines is 1. The van der Waals surface area contributed by atoms with E-state index in [0.29, 0.717) is 4.77 Å². The number of imidazole rings is 1. The van der Waals surface area contributed by atoms with Gasteiger partial charge in [0.1, 0.15) is 5.82 Å².